The molecular weight excluding hydrogens is 295 g/mol. The van der Waals surface area contributed by atoms with E-state index >= 15 is 0 Å². The smallest absolute Gasteiger partial charge is 0.372 e. The maximum Gasteiger partial charge on any atom is 0.372 e. The molecule has 4 N–H and O–H groups in total. The number of rotatable bonds is 3. The van der Waals surface area contributed by atoms with Gasteiger partial charge in [-0.1, -0.05) is 0 Å². The third kappa shape index (κ3) is 2.56. The Labute approximate surface area is 113 Å². The van der Waals surface area contributed by atoms with Crippen molar-refractivity contribution < 1.29 is 28.7 Å². The van der Waals surface area contributed by atoms with Gasteiger partial charge >= 0.3 is 13.6 Å². The maximum atomic E-state index is 11.6. The lowest BCUT2D eigenvalue weighted by atomic mass is 10.1. The molecule has 2 heterocycles. The third-order valence-corrected chi connectivity index (χ3v) is 5.23. The van der Waals surface area contributed by atoms with Crippen molar-refractivity contribution in [3.05, 3.63) is 11.0 Å². The van der Waals surface area contributed by atoms with E-state index in [1.807, 2.05) is 0 Å². The largest absolute Gasteiger partial charge is 0.461 e. The highest BCUT2D eigenvalue weighted by atomic mass is 32.2. The minimum atomic E-state index is -4.64. The van der Waals surface area contributed by atoms with Gasteiger partial charge in [-0.05, 0) is 0 Å². The minimum absolute atomic E-state index is 0.241. The number of amides is 1. The average molecular weight is 308 g/mol. The van der Waals surface area contributed by atoms with Crippen LogP contribution in [-0.2, 0) is 18.9 Å². The van der Waals surface area contributed by atoms with Gasteiger partial charge in [-0.15, -0.1) is 11.8 Å². The van der Waals surface area contributed by atoms with Crippen LogP contribution in [0.25, 0.3) is 0 Å². The number of esters is 1. The monoisotopic (exact) mass is 308 g/mol. The fourth-order valence-electron chi connectivity index (χ4n) is 1.95. The van der Waals surface area contributed by atoms with Crippen molar-refractivity contribution in [3.63, 3.8) is 0 Å². The molecule has 0 unspecified atom stereocenters. The molecule has 1 fully saturated rings. The molecular formula is C9H13N2O6PS. The van der Waals surface area contributed by atoms with Crippen molar-refractivity contribution in [2.45, 2.75) is 18.3 Å². The third-order valence-electron chi connectivity index (χ3n) is 2.78. The van der Waals surface area contributed by atoms with Crippen LogP contribution in [0.1, 0.15) is 6.92 Å². The second-order valence-electron chi connectivity index (χ2n) is 4.19. The molecule has 2 aliphatic rings. The van der Waals surface area contributed by atoms with Crippen LogP contribution in [0.5, 0.6) is 0 Å². The lowest BCUT2D eigenvalue weighted by Crippen LogP contribution is -2.67. The van der Waals surface area contributed by atoms with Crippen LogP contribution in [0.3, 0.4) is 0 Å². The molecule has 2 rings (SSSR count). The van der Waals surface area contributed by atoms with Crippen LogP contribution in [0, 0.1) is 0 Å². The first kappa shape index (κ1) is 14.5. The number of fused-ring (bicyclic) bond motifs is 1. The van der Waals surface area contributed by atoms with E-state index < -0.39 is 30.9 Å². The molecule has 19 heavy (non-hydrogen) atoms. The maximum absolute atomic E-state index is 11.6. The standard InChI is InChI=1S/C9H13N2O6PS/c1-4(12)17-2-5-3-19-9-6(10)7(13)11(9)8(5)18(14,15)16/h6,9H,2-3,10H2,1H3,(H2,14,15,16)/t6-,9+/m0/s1. The van der Waals surface area contributed by atoms with Crippen molar-refractivity contribution in [1.82, 2.24) is 4.90 Å². The molecule has 1 amide bonds. The highest BCUT2D eigenvalue weighted by Crippen LogP contribution is 2.55. The molecule has 0 bridgehead atoms. The number of nitrogens with zero attached hydrogens (tertiary/aromatic N) is 1. The number of hydrogen-bond donors (Lipinski definition) is 3. The van der Waals surface area contributed by atoms with Crippen LogP contribution >= 0.6 is 19.4 Å². The lowest BCUT2D eigenvalue weighted by Gasteiger charge is -2.48. The average Bonchev–Trinajstić information content (AvgIpc) is 2.32. The lowest BCUT2D eigenvalue weighted by molar-refractivity contribution is -0.141. The summed E-state index contributed by atoms with van der Waals surface area (Å²) < 4.78 is 16.3. The first-order chi connectivity index (χ1) is 8.73. The Hall–Kier alpha value is -0.860. The quantitative estimate of drug-likeness (QED) is 0.350. The zero-order valence-electron chi connectivity index (χ0n) is 9.98. The fourth-order valence-corrected chi connectivity index (χ4v) is 4.47. The number of thioether (sulfide) groups is 1. The molecule has 2 atom stereocenters. The first-order valence-corrected chi connectivity index (χ1v) is 8.01. The van der Waals surface area contributed by atoms with E-state index in [1.54, 1.807) is 0 Å². The normalized spacial score (nSPS) is 26.9. The molecule has 0 spiro atoms. The highest BCUT2D eigenvalue weighted by Gasteiger charge is 2.53. The molecule has 10 heteroatoms. The van der Waals surface area contributed by atoms with Crippen LogP contribution in [0.4, 0.5) is 0 Å². The van der Waals surface area contributed by atoms with Gasteiger partial charge in [-0.25, -0.2) is 0 Å². The van der Waals surface area contributed by atoms with Gasteiger partial charge in [-0.3, -0.25) is 19.1 Å². The molecule has 1 saturated heterocycles. The van der Waals surface area contributed by atoms with Crippen LogP contribution < -0.4 is 5.73 Å². The van der Waals surface area contributed by atoms with Gasteiger partial charge in [-0.2, -0.15) is 0 Å². The molecule has 0 aromatic rings. The molecule has 0 aromatic carbocycles. The molecule has 0 aliphatic carbocycles. The Bertz CT molecular complexity index is 515. The van der Waals surface area contributed by atoms with Crippen molar-refractivity contribution in [1.29, 1.82) is 0 Å². The number of ether oxygens (including phenoxy) is 1. The Morgan fingerprint density at radius 2 is 2.26 bits per heavy atom. The van der Waals surface area contributed by atoms with E-state index in [0.29, 0.717) is 0 Å². The number of β-lactam (4-membered cyclic amide) rings is 1. The molecule has 0 aromatic heterocycles. The van der Waals surface area contributed by atoms with Gasteiger partial charge < -0.3 is 20.3 Å². The van der Waals surface area contributed by atoms with Gasteiger partial charge in [0.15, 0.2) is 0 Å². The van der Waals surface area contributed by atoms with Crippen molar-refractivity contribution >= 4 is 31.2 Å². The molecule has 2 aliphatic heterocycles. The zero-order valence-corrected chi connectivity index (χ0v) is 11.7. The fraction of sp³-hybridized carbons (Fsp3) is 0.556. The summed E-state index contributed by atoms with van der Waals surface area (Å²) in [5.41, 5.74) is 5.45. The summed E-state index contributed by atoms with van der Waals surface area (Å²) in [5, 5.41) is -0.462. The Morgan fingerprint density at radius 3 is 2.79 bits per heavy atom. The summed E-state index contributed by atoms with van der Waals surface area (Å²) in [7, 11) is -4.64. The number of nitrogens with two attached hydrogens (primary N) is 1. The SMILES string of the molecule is CC(=O)OCC1=C(P(=O)(O)O)N2C(=O)[C@H](N)[C@H]2SC1. The summed E-state index contributed by atoms with van der Waals surface area (Å²) in [6, 6.07) is -0.748. The van der Waals surface area contributed by atoms with Gasteiger partial charge in [0, 0.05) is 18.2 Å². The highest BCUT2D eigenvalue weighted by molar-refractivity contribution is 8.00. The van der Waals surface area contributed by atoms with Crippen LogP contribution in [-0.4, -0.2) is 50.3 Å². The number of carbonyl (C=O) groups is 2. The van der Waals surface area contributed by atoms with Crippen LogP contribution in [0.15, 0.2) is 11.0 Å². The van der Waals surface area contributed by atoms with E-state index in [-0.39, 0.29) is 23.4 Å². The predicted octanol–water partition coefficient (Wildman–Crippen LogP) is -0.819. The molecule has 0 saturated carbocycles. The summed E-state index contributed by atoms with van der Waals surface area (Å²) >= 11 is 1.29. The predicted molar refractivity (Wildman–Crippen MR) is 66.8 cm³/mol. The minimum Gasteiger partial charge on any atom is -0.461 e. The Morgan fingerprint density at radius 1 is 1.63 bits per heavy atom. The van der Waals surface area contributed by atoms with Crippen molar-refractivity contribution in [2.75, 3.05) is 12.4 Å². The van der Waals surface area contributed by atoms with E-state index in [9.17, 15) is 23.9 Å². The summed E-state index contributed by atoms with van der Waals surface area (Å²) in [6.45, 7) is 0.954. The Kier molecular flexibility index (Phi) is 3.76. The van der Waals surface area contributed by atoms with E-state index in [2.05, 4.69) is 0 Å². The van der Waals surface area contributed by atoms with E-state index in [4.69, 9.17) is 10.5 Å². The molecule has 0 radical (unpaired) electrons. The first-order valence-electron chi connectivity index (χ1n) is 5.35. The van der Waals surface area contributed by atoms with Gasteiger partial charge in [0.25, 0.3) is 0 Å². The summed E-state index contributed by atoms with van der Waals surface area (Å²) in [6.07, 6.45) is 0. The van der Waals surface area contributed by atoms with E-state index in [1.165, 1.54) is 18.7 Å². The second-order valence-corrected chi connectivity index (χ2v) is 6.80. The molecule has 106 valence electrons. The summed E-state index contributed by atoms with van der Waals surface area (Å²) in [4.78, 5) is 42.2. The van der Waals surface area contributed by atoms with Gasteiger partial charge in [0.1, 0.15) is 23.5 Å². The van der Waals surface area contributed by atoms with E-state index in [0.717, 1.165) is 4.90 Å². The Balaban J connectivity index is 2.34. The number of carbonyl (C=O) groups excluding carboxylic acids is 2. The van der Waals surface area contributed by atoms with Crippen molar-refractivity contribution in [2.24, 2.45) is 5.73 Å². The van der Waals surface area contributed by atoms with Gasteiger partial charge in [0.2, 0.25) is 5.91 Å². The molecule has 8 nitrogen and oxygen atoms in total. The van der Waals surface area contributed by atoms with Crippen molar-refractivity contribution in [3.8, 4) is 0 Å². The second kappa shape index (κ2) is 4.92. The number of hydrogen-bond acceptors (Lipinski definition) is 6. The summed E-state index contributed by atoms with van der Waals surface area (Å²) in [5.74, 6) is -0.831. The topological polar surface area (TPSA) is 130 Å². The van der Waals surface area contributed by atoms with Gasteiger partial charge in [0.05, 0.1) is 0 Å². The zero-order chi connectivity index (χ0) is 14.4. The van der Waals surface area contributed by atoms with Crippen LogP contribution in [0.2, 0.25) is 0 Å².